The summed E-state index contributed by atoms with van der Waals surface area (Å²) < 4.78 is 10.8. The van der Waals surface area contributed by atoms with Gasteiger partial charge in [-0.25, -0.2) is 4.79 Å². The van der Waals surface area contributed by atoms with Crippen LogP contribution in [0, 0.1) is 0 Å². The first-order chi connectivity index (χ1) is 9.20. The molecule has 19 heavy (non-hydrogen) atoms. The van der Waals surface area contributed by atoms with E-state index in [0.717, 1.165) is 11.3 Å². The molecular weight excluding hydrogens is 244 g/mol. The SMILES string of the molecule is C=CCc1ccccc1OCc1cc(C(=O)O)co1. The van der Waals surface area contributed by atoms with E-state index in [-0.39, 0.29) is 12.2 Å². The molecule has 2 aromatic rings. The molecular formula is C15H14O4. The molecule has 0 aliphatic heterocycles. The van der Waals surface area contributed by atoms with E-state index in [9.17, 15) is 4.79 Å². The van der Waals surface area contributed by atoms with E-state index in [4.69, 9.17) is 14.3 Å². The van der Waals surface area contributed by atoms with Gasteiger partial charge in [0.05, 0.1) is 5.56 Å². The summed E-state index contributed by atoms with van der Waals surface area (Å²) in [6, 6.07) is 9.09. The Morgan fingerprint density at radius 3 is 2.89 bits per heavy atom. The third-order valence-electron chi connectivity index (χ3n) is 2.61. The highest BCUT2D eigenvalue weighted by atomic mass is 16.5. The number of carboxylic acids is 1. The van der Waals surface area contributed by atoms with Gasteiger partial charge in [0.2, 0.25) is 0 Å². The smallest absolute Gasteiger partial charge is 0.338 e. The zero-order chi connectivity index (χ0) is 13.7. The van der Waals surface area contributed by atoms with Crippen LogP contribution < -0.4 is 4.74 Å². The Kier molecular flexibility index (Phi) is 4.03. The van der Waals surface area contributed by atoms with E-state index in [1.165, 1.54) is 12.3 Å². The van der Waals surface area contributed by atoms with Gasteiger partial charge in [0.15, 0.2) is 0 Å². The Bertz CT molecular complexity index is 583. The summed E-state index contributed by atoms with van der Waals surface area (Å²) in [4.78, 5) is 10.7. The van der Waals surface area contributed by atoms with Crippen LogP contribution in [0.15, 0.2) is 53.7 Å². The van der Waals surface area contributed by atoms with Crippen LogP contribution in [0.2, 0.25) is 0 Å². The van der Waals surface area contributed by atoms with Crippen molar-refractivity contribution >= 4 is 5.97 Å². The monoisotopic (exact) mass is 258 g/mol. The quantitative estimate of drug-likeness (QED) is 0.808. The summed E-state index contributed by atoms with van der Waals surface area (Å²) >= 11 is 0. The van der Waals surface area contributed by atoms with E-state index >= 15 is 0 Å². The average molecular weight is 258 g/mol. The lowest BCUT2D eigenvalue weighted by Crippen LogP contribution is -1.97. The van der Waals surface area contributed by atoms with Gasteiger partial charge in [0, 0.05) is 0 Å². The molecule has 98 valence electrons. The Morgan fingerprint density at radius 1 is 1.42 bits per heavy atom. The lowest BCUT2D eigenvalue weighted by molar-refractivity contribution is 0.0696. The first-order valence-electron chi connectivity index (χ1n) is 5.83. The number of ether oxygens (including phenoxy) is 1. The zero-order valence-corrected chi connectivity index (χ0v) is 10.3. The van der Waals surface area contributed by atoms with Crippen LogP contribution in [0.25, 0.3) is 0 Å². The molecule has 0 radical (unpaired) electrons. The van der Waals surface area contributed by atoms with Gasteiger partial charge >= 0.3 is 5.97 Å². The molecule has 0 saturated heterocycles. The minimum atomic E-state index is -1.01. The van der Waals surface area contributed by atoms with Crippen molar-refractivity contribution in [3.05, 3.63) is 66.1 Å². The Morgan fingerprint density at radius 2 is 2.21 bits per heavy atom. The molecule has 1 N–H and O–H groups in total. The summed E-state index contributed by atoms with van der Waals surface area (Å²) in [6.07, 6.45) is 3.73. The Labute approximate surface area is 110 Å². The molecule has 0 saturated carbocycles. The summed E-state index contributed by atoms with van der Waals surface area (Å²) in [5.74, 6) is 0.212. The minimum absolute atomic E-state index is 0.123. The molecule has 1 aromatic carbocycles. The number of hydrogen-bond donors (Lipinski definition) is 1. The lowest BCUT2D eigenvalue weighted by atomic mass is 10.1. The molecule has 0 aliphatic rings. The average Bonchev–Trinajstić information content (AvgIpc) is 2.87. The number of para-hydroxylation sites is 1. The highest BCUT2D eigenvalue weighted by Crippen LogP contribution is 2.20. The highest BCUT2D eigenvalue weighted by Gasteiger charge is 2.09. The molecule has 0 spiro atoms. The van der Waals surface area contributed by atoms with Gasteiger partial charge in [-0.3, -0.25) is 0 Å². The molecule has 0 aliphatic carbocycles. The number of hydrogen-bond acceptors (Lipinski definition) is 3. The van der Waals surface area contributed by atoms with Gasteiger partial charge in [0.1, 0.15) is 24.4 Å². The van der Waals surface area contributed by atoms with Crippen LogP contribution in [0.3, 0.4) is 0 Å². The molecule has 0 unspecified atom stereocenters. The van der Waals surface area contributed by atoms with Crippen molar-refractivity contribution in [2.45, 2.75) is 13.0 Å². The Balaban J connectivity index is 2.05. The summed E-state index contributed by atoms with van der Waals surface area (Å²) in [7, 11) is 0. The predicted molar refractivity (Wildman–Crippen MR) is 70.3 cm³/mol. The maximum absolute atomic E-state index is 10.7. The van der Waals surface area contributed by atoms with Crippen LogP contribution in [0.1, 0.15) is 21.7 Å². The summed E-state index contributed by atoms with van der Waals surface area (Å²) in [6.45, 7) is 3.89. The van der Waals surface area contributed by atoms with E-state index in [0.29, 0.717) is 12.2 Å². The molecule has 0 bridgehead atoms. The molecule has 4 heteroatoms. The molecule has 2 rings (SSSR count). The number of rotatable bonds is 6. The fourth-order valence-corrected chi connectivity index (χ4v) is 1.69. The van der Waals surface area contributed by atoms with E-state index < -0.39 is 5.97 Å². The van der Waals surface area contributed by atoms with Crippen molar-refractivity contribution in [2.75, 3.05) is 0 Å². The second kappa shape index (κ2) is 5.91. The van der Waals surface area contributed by atoms with Gasteiger partial charge in [-0.05, 0) is 24.1 Å². The summed E-state index contributed by atoms with van der Waals surface area (Å²) in [5.41, 5.74) is 1.15. The maximum atomic E-state index is 10.7. The van der Waals surface area contributed by atoms with Gasteiger partial charge in [-0.2, -0.15) is 0 Å². The molecule has 1 heterocycles. The van der Waals surface area contributed by atoms with Crippen molar-refractivity contribution in [3.8, 4) is 5.75 Å². The molecule has 4 nitrogen and oxygen atoms in total. The first kappa shape index (κ1) is 13.0. The van der Waals surface area contributed by atoms with Crippen LogP contribution in [0.5, 0.6) is 5.75 Å². The predicted octanol–water partition coefficient (Wildman–Crippen LogP) is 3.29. The van der Waals surface area contributed by atoms with E-state index in [1.807, 2.05) is 24.3 Å². The number of furan rings is 1. The number of aromatic carboxylic acids is 1. The minimum Gasteiger partial charge on any atom is -0.485 e. The first-order valence-corrected chi connectivity index (χ1v) is 5.83. The second-order valence-electron chi connectivity index (χ2n) is 4.00. The van der Waals surface area contributed by atoms with Gasteiger partial charge in [-0.15, -0.1) is 6.58 Å². The molecule has 0 fully saturated rings. The van der Waals surface area contributed by atoms with Crippen LogP contribution >= 0.6 is 0 Å². The second-order valence-corrected chi connectivity index (χ2v) is 4.00. The third kappa shape index (κ3) is 3.25. The van der Waals surface area contributed by atoms with Gasteiger partial charge in [-0.1, -0.05) is 24.3 Å². The van der Waals surface area contributed by atoms with Crippen LogP contribution in [-0.4, -0.2) is 11.1 Å². The van der Waals surface area contributed by atoms with Gasteiger partial charge in [0.25, 0.3) is 0 Å². The number of carboxylic acid groups (broad SMARTS) is 1. The van der Waals surface area contributed by atoms with Crippen LogP contribution in [0.4, 0.5) is 0 Å². The normalized spacial score (nSPS) is 10.1. The van der Waals surface area contributed by atoms with Crippen molar-refractivity contribution in [3.63, 3.8) is 0 Å². The third-order valence-corrected chi connectivity index (χ3v) is 2.61. The number of allylic oxidation sites excluding steroid dienone is 1. The van der Waals surface area contributed by atoms with E-state index in [2.05, 4.69) is 6.58 Å². The fourth-order valence-electron chi connectivity index (χ4n) is 1.69. The lowest BCUT2D eigenvalue weighted by Gasteiger charge is -2.08. The Hall–Kier alpha value is -2.49. The maximum Gasteiger partial charge on any atom is 0.338 e. The molecule has 0 amide bonds. The van der Waals surface area contributed by atoms with Crippen molar-refractivity contribution in [1.29, 1.82) is 0 Å². The van der Waals surface area contributed by atoms with Crippen molar-refractivity contribution < 1.29 is 19.1 Å². The summed E-state index contributed by atoms with van der Waals surface area (Å²) in [5, 5.41) is 8.79. The van der Waals surface area contributed by atoms with E-state index in [1.54, 1.807) is 6.08 Å². The van der Waals surface area contributed by atoms with Crippen LogP contribution in [-0.2, 0) is 13.0 Å². The zero-order valence-electron chi connectivity index (χ0n) is 10.3. The number of carbonyl (C=O) groups is 1. The molecule has 1 aromatic heterocycles. The van der Waals surface area contributed by atoms with Crippen molar-refractivity contribution in [2.24, 2.45) is 0 Å². The number of benzene rings is 1. The van der Waals surface area contributed by atoms with Crippen molar-refractivity contribution in [1.82, 2.24) is 0 Å². The molecule has 0 atom stereocenters. The highest BCUT2D eigenvalue weighted by molar-refractivity contribution is 5.87. The topological polar surface area (TPSA) is 59.7 Å². The fraction of sp³-hybridized carbons (Fsp3) is 0.133. The van der Waals surface area contributed by atoms with Gasteiger partial charge < -0.3 is 14.3 Å². The largest absolute Gasteiger partial charge is 0.485 e. The standard InChI is InChI=1S/C15H14O4/c1-2-5-11-6-3-4-7-14(11)19-10-13-8-12(9-18-13)15(16)17/h2-4,6-9H,1,5,10H2,(H,16,17).